The fourth-order valence-corrected chi connectivity index (χ4v) is 2.06. The molecule has 0 aromatic heterocycles. The van der Waals surface area contributed by atoms with Crippen LogP contribution in [0.3, 0.4) is 0 Å². The second-order valence-corrected chi connectivity index (χ2v) is 6.09. The molecule has 0 saturated heterocycles. The van der Waals surface area contributed by atoms with E-state index in [1.165, 1.54) is 13.0 Å². The average molecular weight is 288 g/mol. The van der Waals surface area contributed by atoms with E-state index in [2.05, 4.69) is 0 Å². The summed E-state index contributed by atoms with van der Waals surface area (Å²) in [6, 6.07) is 3.18. The Morgan fingerprint density at radius 1 is 1.19 bits per heavy atom. The van der Waals surface area contributed by atoms with Gasteiger partial charge in [-0.2, -0.15) is 0 Å². The molecule has 3 heteroatoms. The number of rotatable bonds is 6. The second-order valence-electron chi connectivity index (χ2n) is 6.09. The summed E-state index contributed by atoms with van der Waals surface area (Å²) in [7, 11) is 0. The highest BCUT2D eigenvalue weighted by atomic mass is 16.3. The van der Waals surface area contributed by atoms with Crippen molar-refractivity contribution in [3.05, 3.63) is 40.5 Å². The summed E-state index contributed by atoms with van der Waals surface area (Å²) >= 11 is 0. The van der Waals surface area contributed by atoms with Crippen LogP contribution < -0.4 is 0 Å². The number of phenols is 1. The first-order valence-electron chi connectivity index (χ1n) is 7.25. The van der Waals surface area contributed by atoms with Gasteiger partial charge in [0.2, 0.25) is 0 Å². The molecule has 114 valence electrons. The highest BCUT2D eigenvalue weighted by Gasteiger charge is 2.18. The molecule has 1 aromatic carbocycles. The van der Waals surface area contributed by atoms with Crippen LogP contribution in [0.5, 0.6) is 5.75 Å². The van der Waals surface area contributed by atoms with E-state index in [4.69, 9.17) is 0 Å². The lowest BCUT2D eigenvalue weighted by atomic mass is 9.94. The number of carbonyl (C=O) groups excluding carboxylic acids is 2. The molecule has 0 bridgehead atoms. The zero-order valence-corrected chi connectivity index (χ0v) is 13.5. The summed E-state index contributed by atoms with van der Waals surface area (Å²) in [6.07, 6.45) is 2.84. The molecule has 0 amide bonds. The van der Waals surface area contributed by atoms with Crippen LogP contribution in [0.1, 0.15) is 67.3 Å². The number of ketones is 2. The molecule has 0 atom stereocenters. The van der Waals surface area contributed by atoms with Gasteiger partial charge in [-0.3, -0.25) is 9.59 Å². The number of hydrogen-bond acceptors (Lipinski definition) is 3. The van der Waals surface area contributed by atoms with Gasteiger partial charge in [0.25, 0.3) is 0 Å². The number of allylic oxidation sites excluding steroid dienone is 2. The van der Waals surface area contributed by atoms with E-state index in [0.717, 1.165) is 5.57 Å². The number of phenolic OH excluding ortho intramolecular Hbond substituents is 1. The number of hydrogen-bond donors (Lipinski definition) is 1. The van der Waals surface area contributed by atoms with E-state index in [0.29, 0.717) is 24.0 Å². The van der Waals surface area contributed by atoms with Crippen molar-refractivity contribution in [2.24, 2.45) is 5.92 Å². The van der Waals surface area contributed by atoms with Crippen LogP contribution in [0.25, 0.3) is 0 Å². The quantitative estimate of drug-likeness (QED) is 0.626. The molecule has 0 radical (unpaired) electrons. The predicted octanol–water partition coefficient (Wildman–Crippen LogP) is 4.33. The van der Waals surface area contributed by atoms with E-state index >= 15 is 0 Å². The number of aromatic hydroxyl groups is 1. The summed E-state index contributed by atoms with van der Waals surface area (Å²) in [4.78, 5) is 23.9. The van der Waals surface area contributed by atoms with Gasteiger partial charge in [0.05, 0.1) is 5.56 Å². The smallest absolute Gasteiger partial charge is 0.166 e. The molecular formula is C18H24O3. The van der Waals surface area contributed by atoms with Gasteiger partial charge in [0.1, 0.15) is 5.75 Å². The molecule has 1 aromatic rings. The first-order chi connectivity index (χ1) is 9.72. The lowest BCUT2D eigenvalue weighted by molar-refractivity contribution is 0.0965. The average Bonchev–Trinajstić information content (AvgIpc) is 2.35. The maximum atomic E-state index is 12.3. The first kappa shape index (κ1) is 17.2. The fourth-order valence-electron chi connectivity index (χ4n) is 2.06. The highest BCUT2D eigenvalue weighted by Crippen LogP contribution is 2.28. The molecule has 1 rings (SSSR count). The van der Waals surface area contributed by atoms with Crippen molar-refractivity contribution in [2.45, 2.75) is 47.5 Å². The Bertz CT molecular complexity index is 576. The summed E-state index contributed by atoms with van der Waals surface area (Å²) in [5.74, 6) is -0.0154. The third-order valence-electron chi connectivity index (χ3n) is 3.22. The molecule has 0 heterocycles. The van der Waals surface area contributed by atoms with Gasteiger partial charge in [-0.15, -0.1) is 0 Å². The molecule has 0 spiro atoms. The molecule has 0 aliphatic heterocycles. The van der Waals surface area contributed by atoms with E-state index in [-0.39, 0.29) is 28.8 Å². The van der Waals surface area contributed by atoms with Crippen LogP contribution in [0.15, 0.2) is 23.8 Å². The van der Waals surface area contributed by atoms with Gasteiger partial charge >= 0.3 is 0 Å². The fraction of sp³-hybridized carbons (Fsp3) is 0.444. The van der Waals surface area contributed by atoms with Gasteiger partial charge in [-0.25, -0.2) is 0 Å². The lowest BCUT2D eigenvalue weighted by Gasteiger charge is -2.12. The van der Waals surface area contributed by atoms with Crippen molar-refractivity contribution in [1.82, 2.24) is 0 Å². The van der Waals surface area contributed by atoms with Crippen molar-refractivity contribution in [1.29, 1.82) is 0 Å². The van der Waals surface area contributed by atoms with Crippen LogP contribution >= 0.6 is 0 Å². The number of benzene rings is 1. The summed E-state index contributed by atoms with van der Waals surface area (Å²) < 4.78 is 0. The Balaban J connectivity index is 3.32. The zero-order valence-electron chi connectivity index (χ0n) is 13.5. The minimum atomic E-state index is -0.121. The Labute approximate surface area is 126 Å². The van der Waals surface area contributed by atoms with Crippen molar-refractivity contribution in [2.75, 3.05) is 0 Å². The molecule has 3 nitrogen and oxygen atoms in total. The Hall–Kier alpha value is -1.90. The van der Waals surface area contributed by atoms with Gasteiger partial charge in [-0.05, 0) is 50.8 Å². The van der Waals surface area contributed by atoms with Crippen molar-refractivity contribution in [3.8, 4) is 5.75 Å². The normalized spacial score (nSPS) is 10.6. The monoisotopic (exact) mass is 288 g/mol. The van der Waals surface area contributed by atoms with Gasteiger partial charge < -0.3 is 5.11 Å². The van der Waals surface area contributed by atoms with Gasteiger partial charge in [-0.1, -0.05) is 25.5 Å². The Morgan fingerprint density at radius 3 is 2.29 bits per heavy atom. The third kappa shape index (κ3) is 4.85. The zero-order chi connectivity index (χ0) is 16.2. The Kier molecular flexibility index (Phi) is 5.89. The molecule has 1 N–H and O–H groups in total. The molecule has 0 aliphatic carbocycles. The summed E-state index contributed by atoms with van der Waals surface area (Å²) in [6.45, 7) is 9.31. The second kappa shape index (κ2) is 7.21. The lowest BCUT2D eigenvalue weighted by Crippen LogP contribution is -2.07. The van der Waals surface area contributed by atoms with E-state index in [1.54, 1.807) is 6.07 Å². The maximum absolute atomic E-state index is 12.3. The van der Waals surface area contributed by atoms with Crippen LogP contribution in [0.2, 0.25) is 0 Å². The van der Waals surface area contributed by atoms with Crippen LogP contribution in [0, 0.1) is 5.92 Å². The molecular weight excluding hydrogens is 264 g/mol. The Morgan fingerprint density at radius 2 is 1.81 bits per heavy atom. The van der Waals surface area contributed by atoms with Crippen molar-refractivity contribution >= 4 is 11.6 Å². The van der Waals surface area contributed by atoms with Crippen molar-refractivity contribution in [3.63, 3.8) is 0 Å². The topological polar surface area (TPSA) is 54.4 Å². The molecule has 0 saturated carbocycles. The van der Waals surface area contributed by atoms with E-state index < -0.39 is 0 Å². The number of Topliss-reactive ketones (excluding diaryl/α,β-unsaturated/α-hetero) is 2. The molecule has 21 heavy (non-hydrogen) atoms. The van der Waals surface area contributed by atoms with E-state index in [9.17, 15) is 14.7 Å². The first-order valence-corrected chi connectivity index (χ1v) is 7.25. The van der Waals surface area contributed by atoms with E-state index in [1.807, 2.05) is 33.8 Å². The standard InChI is InChI=1S/C18H24O3/c1-11(2)6-7-14-9-15(13(5)19)10-16(18(14)21)17(20)8-12(3)4/h6,9-10,12,21H,7-8H2,1-5H3. The summed E-state index contributed by atoms with van der Waals surface area (Å²) in [5, 5.41) is 10.3. The highest BCUT2D eigenvalue weighted by molar-refractivity contribution is 6.03. The van der Waals surface area contributed by atoms with Crippen LogP contribution in [0.4, 0.5) is 0 Å². The largest absolute Gasteiger partial charge is 0.507 e. The minimum absolute atomic E-state index is 0.00292. The van der Waals surface area contributed by atoms with Crippen LogP contribution in [-0.4, -0.2) is 16.7 Å². The molecule has 0 unspecified atom stereocenters. The van der Waals surface area contributed by atoms with Crippen LogP contribution in [-0.2, 0) is 6.42 Å². The maximum Gasteiger partial charge on any atom is 0.166 e. The van der Waals surface area contributed by atoms with Crippen molar-refractivity contribution < 1.29 is 14.7 Å². The third-order valence-corrected chi connectivity index (χ3v) is 3.22. The van der Waals surface area contributed by atoms with Gasteiger partial charge in [0.15, 0.2) is 11.6 Å². The minimum Gasteiger partial charge on any atom is -0.507 e. The van der Waals surface area contributed by atoms with Gasteiger partial charge in [0, 0.05) is 12.0 Å². The molecule has 0 aliphatic rings. The predicted molar refractivity (Wildman–Crippen MR) is 85.0 cm³/mol. The SMILES string of the molecule is CC(=O)c1cc(CC=C(C)C)c(O)c(C(=O)CC(C)C)c1. The molecule has 0 fully saturated rings. The number of carbonyl (C=O) groups is 2. The summed E-state index contributed by atoms with van der Waals surface area (Å²) in [5.41, 5.74) is 2.47.